The Morgan fingerprint density at radius 1 is 1.15 bits per heavy atom. The number of hydrogen-bond acceptors (Lipinski definition) is 3. The Kier molecular flexibility index (Phi) is 3.72. The summed E-state index contributed by atoms with van der Waals surface area (Å²) in [6.07, 6.45) is 5.31. The Bertz CT molecular complexity index is 1090. The number of rotatable bonds is 3. The Balaban J connectivity index is 1.46. The second kappa shape index (κ2) is 6.13. The third kappa shape index (κ3) is 2.78. The van der Waals surface area contributed by atoms with E-state index in [1.807, 2.05) is 41.3 Å². The predicted octanol–water partition coefficient (Wildman–Crippen LogP) is 3.99. The summed E-state index contributed by atoms with van der Waals surface area (Å²) in [5.41, 5.74) is 3.11. The van der Waals surface area contributed by atoms with Gasteiger partial charge >= 0.3 is 0 Å². The normalized spacial score (nSPS) is 20.4. The molecular formula is C20H19F2N5. The molecule has 1 N–H and O–H groups in total. The lowest BCUT2D eigenvalue weighted by Crippen LogP contribution is -2.48. The zero-order chi connectivity index (χ0) is 18.4. The van der Waals surface area contributed by atoms with E-state index in [1.54, 1.807) is 17.0 Å². The van der Waals surface area contributed by atoms with E-state index >= 15 is 8.78 Å². The van der Waals surface area contributed by atoms with Crippen molar-refractivity contribution in [2.75, 3.05) is 13.1 Å². The Hall–Kier alpha value is -2.80. The van der Waals surface area contributed by atoms with Crippen LogP contribution in [0.4, 0.5) is 8.78 Å². The number of pyridine rings is 1. The number of hydrogen-bond donors (Lipinski definition) is 1. The van der Waals surface area contributed by atoms with Crippen molar-refractivity contribution in [3.05, 3.63) is 60.7 Å². The Labute approximate surface area is 154 Å². The van der Waals surface area contributed by atoms with Gasteiger partial charge in [0.25, 0.3) is 5.92 Å². The van der Waals surface area contributed by atoms with Gasteiger partial charge in [-0.2, -0.15) is 0 Å². The zero-order valence-corrected chi connectivity index (χ0v) is 14.6. The maximum absolute atomic E-state index is 15.1. The highest BCUT2D eigenvalue weighted by Gasteiger charge is 2.46. The summed E-state index contributed by atoms with van der Waals surface area (Å²) in [6, 6.07) is 10.7. The molecule has 1 atom stereocenters. The van der Waals surface area contributed by atoms with Gasteiger partial charge in [-0.05, 0) is 18.1 Å². The molecule has 1 aliphatic rings. The highest BCUT2D eigenvalue weighted by Crippen LogP contribution is 2.39. The van der Waals surface area contributed by atoms with Crippen LogP contribution in [-0.4, -0.2) is 43.4 Å². The maximum Gasteiger partial charge on any atom is 0.280 e. The number of imidazole rings is 1. The minimum Gasteiger partial charge on any atom is -0.346 e. The molecule has 1 fully saturated rings. The summed E-state index contributed by atoms with van der Waals surface area (Å²) in [5, 5.41) is 0.826. The SMILES string of the molecule is FC1(F)CN(Cc2ccccc2)CCC1n1cnc2cnc3[nH]ccc3c21. The monoisotopic (exact) mass is 367 g/mol. The molecule has 1 saturated heterocycles. The van der Waals surface area contributed by atoms with Crippen LogP contribution in [0.15, 0.2) is 55.1 Å². The van der Waals surface area contributed by atoms with Crippen molar-refractivity contribution in [2.45, 2.75) is 24.9 Å². The number of nitrogens with zero attached hydrogens (tertiary/aromatic N) is 4. The Morgan fingerprint density at radius 2 is 2.00 bits per heavy atom. The second-order valence-corrected chi connectivity index (χ2v) is 7.15. The van der Waals surface area contributed by atoms with Gasteiger partial charge in [0.05, 0.1) is 24.6 Å². The summed E-state index contributed by atoms with van der Waals surface area (Å²) in [5.74, 6) is -2.84. The summed E-state index contributed by atoms with van der Waals surface area (Å²) in [6.45, 7) is 0.906. The minimum absolute atomic E-state index is 0.256. The number of aromatic nitrogens is 4. The molecule has 0 aliphatic carbocycles. The van der Waals surface area contributed by atoms with Gasteiger partial charge in [0, 0.05) is 24.7 Å². The quantitative estimate of drug-likeness (QED) is 0.596. The first-order chi connectivity index (χ1) is 13.1. The van der Waals surface area contributed by atoms with Crippen LogP contribution in [0, 0.1) is 0 Å². The van der Waals surface area contributed by atoms with Crippen molar-refractivity contribution in [1.29, 1.82) is 0 Å². The second-order valence-electron chi connectivity index (χ2n) is 7.15. The molecule has 1 aliphatic heterocycles. The number of halogens is 2. The van der Waals surface area contributed by atoms with Crippen molar-refractivity contribution in [3.8, 4) is 0 Å². The lowest BCUT2D eigenvalue weighted by Gasteiger charge is -2.39. The third-order valence-electron chi connectivity index (χ3n) is 5.34. The molecule has 0 saturated carbocycles. The van der Waals surface area contributed by atoms with E-state index in [0.717, 1.165) is 16.5 Å². The number of benzene rings is 1. The first-order valence-electron chi connectivity index (χ1n) is 9.04. The topological polar surface area (TPSA) is 49.7 Å². The van der Waals surface area contributed by atoms with Crippen LogP contribution >= 0.6 is 0 Å². The van der Waals surface area contributed by atoms with Crippen LogP contribution in [0.1, 0.15) is 18.0 Å². The van der Waals surface area contributed by atoms with E-state index in [1.165, 1.54) is 6.33 Å². The van der Waals surface area contributed by atoms with Crippen LogP contribution in [0.25, 0.3) is 22.1 Å². The molecule has 5 rings (SSSR count). The van der Waals surface area contributed by atoms with Crippen LogP contribution < -0.4 is 0 Å². The van der Waals surface area contributed by atoms with Crippen molar-refractivity contribution in [2.24, 2.45) is 0 Å². The molecule has 5 nitrogen and oxygen atoms in total. The fraction of sp³-hybridized carbons (Fsp3) is 0.300. The predicted molar refractivity (Wildman–Crippen MR) is 99.7 cm³/mol. The summed E-state index contributed by atoms with van der Waals surface area (Å²) < 4.78 is 31.9. The maximum atomic E-state index is 15.1. The molecule has 27 heavy (non-hydrogen) atoms. The standard InChI is InChI=1S/C20H19F2N5/c21-20(22)12-26(11-14-4-2-1-3-5-14)9-7-17(20)27-13-25-16-10-24-19-15(18(16)27)6-8-23-19/h1-6,8,10,13,17H,7,9,11-12H2,(H,23,24). The van der Waals surface area contributed by atoms with E-state index in [4.69, 9.17) is 0 Å². The molecule has 1 unspecified atom stereocenters. The zero-order valence-electron chi connectivity index (χ0n) is 14.6. The van der Waals surface area contributed by atoms with Crippen LogP contribution in [0.3, 0.4) is 0 Å². The number of likely N-dealkylation sites (tertiary alicyclic amines) is 1. The highest BCUT2D eigenvalue weighted by atomic mass is 19.3. The number of alkyl halides is 2. The molecule has 4 heterocycles. The van der Waals surface area contributed by atoms with Crippen molar-refractivity contribution in [3.63, 3.8) is 0 Å². The third-order valence-corrected chi connectivity index (χ3v) is 5.34. The van der Waals surface area contributed by atoms with E-state index in [2.05, 4.69) is 15.0 Å². The Morgan fingerprint density at radius 3 is 2.81 bits per heavy atom. The van der Waals surface area contributed by atoms with Gasteiger partial charge in [0.1, 0.15) is 17.2 Å². The average Bonchev–Trinajstić information content (AvgIpc) is 3.28. The molecule has 0 bridgehead atoms. The molecule has 7 heteroatoms. The molecule has 4 aromatic rings. The molecule has 138 valence electrons. The number of fused-ring (bicyclic) bond motifs is 3. The van der Waals surface area contributed by atoms with Crippen LogP contribution in [-0.2, 0) is 6.54 Å². The highest BCUT2D eigenvalue weighted by molar-refractivity contribution is 6.00. The summed E-state index contributed by atoms with van der Waals surface area (Å²) in [4.78, 5) is 13.5. The average molecular weight is 367 g/mol. The van der Waals surface area contributed by atoms with Crippen molar-refractivity contribution < 1.29 is 8.78 Å². The minimum atomic E-state index is -2.84. The van der Waals surface area contributed by atoms with Gasteiger partial charge in [0.2, 0.25) is 0 Å². The molecule has 0 radical (unpaired) electrons. The van der Waals surface area contributed by atoms with Gasteiger partial charge in [-0.3, -0.25) is 4.90 Å². The largest absolute Gasteiger partial charge is 0.346 e. The number of H-pyrrole nitrogens is 1. The van der Waals surface area contributed by atoms with E-state index in [-0.39, 0.29) is 6.54 Å². The molecule has 1 aromatic carbocycles. The van der Waals surface area contributed by atoms with Crippen LogP contribution in [0.5, 0.6) is 0 Å². The van der Waals surface area contributed by atoms with Gasteiger partial charge in [0.15, 0.2) is 0 Å². The number of piperidine rings is 1. The van der Waals surface area contributed by atoms with E-state index in [9.17, 15) is 0 Å². The van der Waals surface area contributed by atoms with E-state index < -0.39 is 12.0 Å². The van der Waals surface area contributed by atoms with E-state index in [0.29, 0.717) is 30.7 Å². The summed E-state index contributed by atoms with van der Waals surface area (Å²) in [7, 11) is 0. The smallest absolute Gasteiger partial charge is 0.280 e. The first kappa shape index (κ1) is 16.4. The van der Waals surface area contributed by atoms with Gasteiger partial charge in [-0.1, -0.05) is 30.3 Å². The fourth-order valence-corrected chi connectivity index (χ4v) is 4.09. The fourth-order valence-electron chi connectivity index (χ4n) is 4.09. The lowest BCUT2D eigenvalue weighted by molar-refractivity contribution is -0.104. The first-order valence-corrected chi connectivity index (χ1v) is 9.04. The molecule has 0 amide bonds. The number of aromatic amines is 1. The van der Waals surface area contributed by atoms with Gasteiger partial charge in [-0.25, -0.2) is 18.7 Å². The lowest BCUT2D eigenvalue weighted by atomic mass is 9.99. The summed E-state index contributed by atoms with van der Waals surface area (Å²) >= 11 is 0. The van der Waals surface area contributed by atoms with Crippen LogP contribution in [0.2, 0.25) is 0 Å². The van der Waals surface area contributed by atoms with Crippen molar-refractivity contribution >= 4 is 22.1 Å². The van der Waals surface area contributed by atoms with Gasteiger partial charge < -0.3 is 9.55 Å². The van der Waals surface area contributed by atoms with Crippen molar-refractivity contribution in [1.82, 2.24) is 24.4 Å². The molecule has 3 aromatic heterocycles. The molecule has 0 spiro atoms. The number of nitrogens with one attached hydrogen (secondary N) is 1. The van der Waals surface area contributed by atoms with Gasteiger partial charge in [-0.15, -0.1) is 0 Å². The molecular weight excluding hydrogens is 348 g/mol.